The molecule has 1 saturated heterocycles. The molecule has 3 heteroatoms. The van der Waals surface area contributed by atoms with Gasteiger partial charge in [0, 0.05) is 24.9 Å². The lowest BCUT2D eigenvalue weighted by atomic mass is 9.93. The van der Waals surface area contributed by atoms with Crippen molar-refractivity contribution < 1.29 is 0 Å². The predicted octanol–water partition coefficient (Wildman–Crippen LogP) is 2.95. The standard InChI is InChI=1S/C16H26N2S/c1-14(15-6-3-2-4-7-15)12-16(13-17)18-8-5-10-19-11-9-18/h2-4,6-7,14,16H,5,8-13,17H2,1H3. The number of hydrogen-bond acceptors (Lipinski definition) is 3. The van der Waals surface area contributed by atoms with E-state index in [-0.39, 0.29) is 0 Å². The Morgan fingerprint density at radius 3 is 2.74 bits per heavy atom. The van der Waals surface area contributed by atoms with Crippen LogP contribution in [0.1, 0.15) is 31.2 Å². The van der Waals surface area contributed by atoms with Crippen LogP contribution in [0.15, 0.2) is 30.3 Å². The zero-order chi connectivity index (χ0) is 13.5. The second kappa shape index (κ2) is 7.93. The van der Waals surface area contributed by atoms with E-state index < -0.39 is 0 Å². The summed E-state index contributed by atoms with van der Waals surface area (Å²) in [5.41, 5.74) is 7.47. The molecule has 1 fully saturated rings. The molecule has 2 rings (SSSR count). The fourth-order valence-corrected chi connectivity index (χ4v) is 3.75. The number of rotatable bonds is 5. The lowest BCUT2D eigenvalue weighted by molar-refractivity contribution is 0.198. The van der Waals surface area contributed by atoms with Gasteiger partial charge in [-0.1, -0.05) is 37.3 Å². The normalized spacial score (nSPS) is 20.7. The summed E-state index contributed by atoms with van der Waals surface area (Å²) in [6.07, 6.45) is 2.48. The second-order valence-corrected chi connectivity index (χ2v) is 6.66. The molecule has 0 aliphatic carbocycles. The van der Waals surface area contributed by atoms with E-state index in [0.29, 0.717) is 12.0 Å². The molecule has 0 spiro atoms. The van der Waals surface area contributed by atoms with Gasteiger partial charge in [-0.3, -0.25) is 4.90 Å². The average Bonchev–Trinajstić information content (AvgIpc) is 2.74. The van der Waals surface area contributed by atoms with E-state index in [2.05, 4.69) is 53.9 Å². The summed E-state index contributed by atoms with van der Waals surface area (Å²) in [6, 6.07) is 11.3. The minimum Gasteiger partial charge on any atom is -0.329 e. The van der Waals surface area contributed by atoms with Crippen molar-refractivity contribution in [2.45, 2.75) is 31.7 Å². The highest BCUT2D eigenvalue weighted by molar-refractivity contribution is 7.99. The maximum absolute atomic E-state index is 6.03. The molecule has 1 aliphatic rings. The molecule has 2 atom stereocenters. The fourth-order valence-electron chi connectivity index (χ4n) is 2.85. The summed E-state index contributed by atoms with van der Waals surface area (Å²) in [6.45, 7) is 5.52. The van der Waals surface area contributed by atoms with Gasteiger partial charge >= 0.3 is 0 Å². The summed E-state index contributed by atoms with van der Waals surface area (Å²) in [4.78, 5) is 2.61. The van der Waals surface area contributed by atoms with Crippen LogP contribution in [0.25, 0.3) is 0 Å². The molecule has 0 aromatic heterocycles. The highest BCUT2D eigenvalue weighted by Crippen LogP contribution is 2.23. The molecule has 106 valence electrons. The van der Waals surface area contributed by atoms with Crippen LogP contribution in [-0.2, 0) is 0 Å². The van der Waals surface area contributed by atoms with Crippen molar-refractivity contribution in [3.05, 3.63) is 35.9 Å². The van der Waals surface area contributed by atoms with Gasteiger partial charge in [0.1, 0.15) is 0 Å². The first-order valence-electron chi connectivity index (χ1n) is 7.38. The van der Waals surface area contributed by atoms with Crippen LogP contribution in [-0.4, -0.2) is 42.1 Å². The van der Waals surface area contributed by atoms with Crippen molar-refractivity contribution in [2.24, 2.45) is 5.73 Å². The van der Waals surface area contributed by atoms with Gasteiger partial charge in [-0.25, -0.2) is 0 Å². The van der Waals surface area contributed by atoms with E-state index in [4.69, 9.17) is 5.73 Å². The first-order chi connectivity index (χ1) is 9.31. The minimum atomic E-state index is 0.536. The number of hydrogen-bond donors (Lipinski definition) is 1. The second-order valence-electron chi connectivity index (χ2n) is 5.44. The molecule has 2 nitrogen and oxygen atoms in total. The Kier molecular flexibility index (Phi) is 6.21. The van der Waals surface area contributed by atoms with Crippen molar-refractivity contribution in [1.29, 1.82) is 0 Å². The van der Waals surface area contributed by atoms with Gasteiger partial charge in [0.25, 0.3) is 0 Å². The van der Waals surface area contributed by atoms with E-state index in [1.54, 1.807) is 0 Å². The van der Waals surface area contributed by atoms with Gasteiger partial charge in [-0.15, -0.1) is 0 Å². The minimum absolute atomic E-state index is 0.536. The predicted molar refractivity (Wildman–Crippen MR) is 85.8 cm³/mol. The quantitative estimate of drug-likeness (QED) is 0.898. The summed E-state index contributed by atoms with van der Waals surface area (Å²) < 4.78 is 0. The largest absolute Gasteiger partial charge is 0.329 e. The summed E-state index contributed by atoms with van der Waals surface area (Å²) in [7, 11) is 0. The first kappa shape index (κ1) is 14.9. The third kappa shape index (κ3) is 4.51. The van der Waals surface area contributed by atoms with E-state index in [1.807, 2.05) is 0 Å². The Balaban J connectivity index is 1.94. The van der Waals surface area contributed by atoms with Crippen LogP contribution in [0.2, 0.25) is 0 Å². The Hall–Kier alpha value is -0.510. The number of nitrogens with zero attached hydrogens (tertiary/aromatic N) is 1. The molecule has 0 radical (unpaired) electrons. The SMILES string of the molecule is CC(CC(CN)N1CCCSCC1)c1ccccc1. The summed E-state index contributed by atoms with van der Waals surface area (Å²) in [5, 5.41) is 0. The van der Waals surface area contributed by atoms with Crippen molar-refractivity contribution in [2.75, 3.05) is 31.1 Å². The number of benzene rings is 1. The lowest BCUT2D eigenvalue weighted by Gasteiger charge is -2.31. The van der Waals surface area contributed by atoms with Crippen LogP contribution in [0, 0.1) is 0 Å². The Bertz CT molecular complexity index is 347. The van der Waals surface area contributed by atoms with Crippen molar-refractivity contribution in [1.82, 2.24) is 4.90 Å². The average molecular weight is 278 g/mol. The molecule has 0 bridgehead atoms. The molecule has 1 aromatic rings. The zero-order valence-electron chi connectivity index (χ0n) is 11.9. The smallest absolute Gasteiger partial charge is 0.0224 e. The van der Waals surface area contributed by atoms with Crippen LogP contribution in [0.5, 0.6) is 0 Å². The molecular weight excluding hydrogens is 252 g/mol. The number of thioether (sulfide) groups is 1. The maximum atomic E-state index is 6.03. The summed E-state index contributed by atoms with van der Waals surface area (Å²) in [5.74, 6) is 3.16. The van der Waals surface area contributed by atoms with Crippen LogP contribution in [0.3, 0.4) is 0 Å². The Morgan fingerprint density at radius 1 is 1.21 bits per heavy atom. The van der Waals surface area contributed by atoms with Gasteiger partial charge in [0.2, 0.25) is 0 Å². The molecule has 19 heavy (non-hydrogen) atoms. The van der Waals surface area contributed by atoms with Crippen molar-refractivity contribution >= 4 is 11.8 Å². The molecule has 1 heterocycles. The van der Waals surface area contributed by atoms with E-state index in [1.165, 1.54) is 43.0 Å². The maximum Gasteiger partial charge on any atom is 0.0224 e. The highest BCUT2D eigenvalue weighted by atomic mass is 32.2. The molecular formula is C16H26N2S. The monoisotopic (exact) mass is 278 g/mol. The van der Waals surface area contributed by atoms with E-state index >= 15 is 0 Å². The van der Waals surface area contributed by atoms with Crippen LogP contribution >= 0.6 is 11.8 Å². The van der Waals surface area contributed by atoms with E-state index in [0.717, 1.165) is 6.54 Å². The lowest BCUT2D eigenvalue weighted by Crippen LogP contribution is -2.42. The molecule has 2 unspecified atom stereocenters. The van der Waals surface area contributed by atoms with Gasteiger partial charge in [0.15, 0.2) is 0 Å². The molecule has 2 N–H and O–H groups in total. The van der Waals surface area contributed by atoms with E-state index in [9.17, 15) is 0 Å². The number of nitrogens with two attached hydrogens (primary N) is 1. The van der Waals surface area contributed by atoms with Crippen molar-refractivity contribution in [3.8, 4) is 0 Å². The van der Waals surface area contributed by atoms with Crippen LogP contribution < -0.4 is 5.73 Å². The molecule has 0 saturated carbocycles. The topological polar surface area (TPSA) is 29.3 Å². The van der Waals surface area contributed by atoms with Gasteiger partial charge < -0.3 is 5.73 Å². The fraction of sp³-hybridized carbons (Fsp3) is 0.625. The third-order valence-electron chi connectivity index (χ3n) is 4.04. The Labute approximate surface area is 121 Å². The van der Waals surface area contributed by atoms with Crippen LogP contribution in [0.4, 0.5) is 0 Å². The van der Waals surface area contributed by atoms with Gasteiger partial charge in [-0.05, 0) is 36.6 Å². The highest BCUT2D eigenvalue weighted by Gasteiger charge is 2.21. The molecule has 0 amide bonds. The summed E-state index contributed by atoms with van der Waals surface area (Å²) >= 11 is 2.08. The van der Waals surface area contributed by atoms with Gasteiger partial charge in [-0.2, -0.15) is 11.8 Å². The zero-order valence-corrected chi connectivity index (χ0v) is 12.7. The van der Waals surface area contributed by atoms with Gasteiger partial charge in [0.05, 0.1) is 0 Å². The molecule has 1 aliphatic heterocycles. The third-order valence-corrected chi connectivity index (χ3v) is 5.09. The van der Waals surface area contributed by atoms with Crippen molar-refractivity contribution in [3.63, 3.8) is 0 Å². The molecule has 1 aromatic carbocycles. The first-order valence-corrected chi connectivity index (χ1v) is 8.53. The Morgan fingerprint density at radius 2 is 2.00 bits per heavy atom.